The highest BCUT2D eigenvalue weighted by molar-refractivity contribution is 6.06. The number of methoxy groups -OCH3 is 2. The molecule has 2 amide bonds. The van der Waals surface area contributed by atoms with Crippen molar-refractivity contribution in [1.82, 2.24) is 14.8 Å². The van der Waals surface area contributed by atoms with E-state index in [-0.39, 0.29) is 24.0 Å². The SMILES string of the molecule is COc1ccc(OC)c2c1cc1n2CC(C)(C(=O)NC2CCCCCCC2)N(CC2CCCO2)C1=O. The van der Waals surface area contributed by atoms with Crippen LogP contribution < -0.4 is 14.8 Å². The summed E-state index contributed by atoms with van der Waals surface area (Å²) < 4.78 is 19.1. The molecular formula is C28H39N3O5. The molecule has 3 heterocycles. The van der Waals surface area contributed by atoms with E-state index in [4.69, 9.17) is 14.2 Å². The number of fused-ring (bicyclic) bond motifs is 3. The maximum absolute atomic E-state index is 14.1. The van der Waals surface area contributed by atoms with Crippen molar-refractivity contribution in [2.75, 3.05) is 27.4 Å². The summed E-state index contributed by atoms with van der Waals surface area (Å²) in [4.78, 5) is 29.9. The summed E-state index contributed by atoms with van der Waals surface area (Å²) in [5, 5.41) is 4.16. The van der Waals surface area contributed by atoms with Gasteiger partial charge in [-0.15, -0.1) is 0 Å². The zero-order valence-corrected chi connectivity index (χ0v) is 21.8. The minimum atomic E-state index is -1.06. The van der Waals surface area contributed by atoms with E-state index in [1.807, 2.05) is 29.7 Å². The monoisotopic (exact) mass is 497 g/mol. The molecule has 1 aliphatic carbocycles. The van der Waals surface area contributed by atoms with Gasteiger partial charge in [0.1, 0.15) is 22.7 Å². The molecule has 1 aromatic carbocycles. The van der Waals surface area contributed by atoms with Crippen LogP contribution in [-0.2, 0) is 16.1 Å². The lowest BCUT2D eigenvalue weighted by molar-refractivity contribution is -0.134. The number of benzene rings is 1. The Labute approximate surface area is 213 Å². The fraction of sp³-hybridized carbons (Fsp3) is 0.643. The first kappa shape index (κ1) is 24.9. The summed E-state index contributed by atoms with van der Waals surface area (Å²) in [6.45, 7) is 3.35. The van der Waals surface area contributed by atoms with Crippen LogP contribution in [0.4, 0.5) is 0 Å². The maximum atomic E-state index is 14.1. The summed E-state index contributed by atoms with van der Waals surface area (Å²) in [7, 11) is 3.24. The van der Waals surface area contributed by atoms with E-state index in [9.17, 15) is 9.59 Å². The molecule has 196 valence electrons. The summed E-state index contributed by atoms with van der Waals surface area (Å²) in [5.74, 6) is 1.08. The van der Waals surface area contributed by atoms with E-state index >= 15 is 0 Å². The minimum Gasteiger partial charge on any atom is -0.496 e. The first-order valence-corrected chi connectivity index (χ1v) is 13.4. The lowest BCUT2D eigenvalue weighted by atomic mass is 9.91. The highest BCUT2D eigenvalue weighted by atomic mass is 16.5. The smallest absolute Gasteiger partial charge is 0.271 e. The van der Waals surface area contributed by atoms with E-state index in [0.29, 0.717) is 36.9 Å². The number of nitrogens with zero attached hydrogens (tertiary/aromatic N) is 2. The highest BCUT2D eigenvalue weighted by Gasteiger charge is 2.49. The van der Waals surface area contributed by atoms with Gasteiger partial charge in [-0.05, 0) is 50.8 Å². The minimum absolute atomic E-state index is 0.0533. The maximum Gasteiger partial charge on any atom is 0.271 e. The summed E-state index contributed by atoms with van der Waals surface area (Å²) >= 11 is 0. The quantitative estimate of drug-likeness (QED) is 0.644. The zero-order valence-electron chi connectivity index (χ0n) is 21.8. The average molecular weight is 498 g/mol. The van der Waals surface area contributed by atoms with E-state index in [1.54, 1.807) is 19.1 Å². The van der Waals surface area contributed by atoms with Crippen molar-refractivity contribution >= 4 is 22.7 Å². The molecule has 2 fully saturated rings. The topological polar surface area (TPSA) is 82.0 Å². The number of carbonyl (C=O) groups excluding carboxylic acids is 2. The van der Waals surface area contributed by atoms with E-state index in [2.05, 4.69) is 5.32 Å². The van der Waals surface area contributed by atoms with Crippen molar-refractivity contribution in [1.29, 1.82) is 0 Å². The van der Waals surface area contributed by atoms with E-state index in [1.165, 1.54) is 19.3 Å². The molecule has 8 nitrogen and oxygen atoms in total. The first-order valence-electron chi connectivity index (χ1n) is 13.4. The molecule has 2 aliphatic heterocycles. The Morgan fingerprint density at radius 1 is 1.06 bits per heavy atom. The molecule has 5 rings (SSSR count). The van der Waals surface area contributed by atoms with Gasteiger partial charge in [0.2, 0.25) is 5.91 Å². The molecule has 0 spiro atoms. The molecule has 2 aromatic rings. The van der Waals surface area contributed by atoms with Gasteiger partial charge >= 0.3 is 0 Å². The van der Waals surface area contributed by atoms with Gasteiger partial charge < -0.3 is 29.0 Å². The molecule has 36 heavy (non-hydrogen) atoms. The van der Waals surface area contributed by atoms with Gasteiger partial charge in [0.05, 0.1) is 32.4 Å². The Hall–Kier alpha value is -2.74. The Balaban J connectivity index is 1.55. The van der Waals surface area contributed by atoms with E-state index in [0.717, 1.165) is 49.4 Å². The van der Waals surface area contributed by atoms with Crippen LogP contribution in [0.15, 0.2) is 18.2 Å². The second kappa shape index (κ2) is 10.3. The van der Waals surface area contributed by atoms with Crippen LogP contribution in [-0.4, -0.2) is 66.3 Å². The third-order valence-electron chi connectivity index (χ3n) is 8.29. The van der Waals surface area contributed by atoms with Crippen LogP contribution in [0.5, 0.6) is 11.5 Å². The standard InChI is InChI=1S/C28H39N3O5/c1-28(27(33)29-19-10-7-5-4-6-8-11-19)18-30-22(26(32)31(28)17-20-12-9-15-36-20)16-21-23(34-2)13-14-24(35-3)25(21)30/h13-14,16,19-20H,4-12,15,17-18H2,1-3H3,(H,29,33). The van der Waals surface area contributed by atoms with Crippen molar-refractivity contribution in [3.05, 3.63) is 23.9 Å². The molecule has 1 saturated heterocycles. The van der Waals surface area contributed by atoms with Gasteiger partial charge in [-0.25, -0.2) is 0 Å². The number of aromatic nitrogens is 1. The number of amides is 2. The molecule has 1 saturated carbocycles. The van der Waals surface area contributed by atoms with Crippen molar-refractivity contribution < 1.29 is 23.8 Å². The molecule has 2 atom stereocenters. The van der Waals surface area contributed by atoms with Crippen molar-refractivity contribution in [3.63, 3.8) is 0 Å². The van der Waals surface area contributed by atoms with Crippen LogP contribution in [0.3, 0.4) is 0 Å². The van der Waals surface area contributed by atoms with Crippen LogP contribution >= 0.6 is 0 Å². The zero-order chi connectivity index (χ0) is 25.3. The van der Waals surface area contributed by atoms with Crippen molar-refractivity contribution in [2.45, 2.75) is 88.9 Å². The fourth-order valence-electron chi connectivity index (χ4n) is 6.17. The number of rotatable bonds is 6. The molecule has 1 aromatic heterocycles. The molecule has 0 bridgehead atoms. The molecular weight excluding hydrogens is 458 g/mol. The predicted octanol–water partition coefficient (Wildman–Crippen LogP) is 4.28. The van der Waals surface area contributed by atoms with Gasteiger partial charge in [-0.1, -0.05) is 32.1 Å². The lowest BCUT2D eigenvalue weighted by Crippen LogP contribution is -2.66. The Morgan fingerprint density at radius 3 is 2.42 bits per heavy atom. The van der Waals surface area contributed by atoms with Gasteiger partial charge in [0, 0.05) is 24.6 Å². The normalized spacial score (nSPS) is 25.4. The number of nitrogens with one attached hydrogen (secondary N) is 1. The van der Waals surface area contributed by atoms with Crippen LogP contribution in [0, 0.1) is 0 Å². The predicted molar refractivity (Wildman–Crippen MR) is 138 cm³/mol. The number of hydrogen-bond acceptors (Lipinski definition) is 5. The third-order valence-corrected chi connectivity index (χ3v) is 8.29. The molecule has 3 aliphatic rings. The molecule has 1 N–H and O–H groups in total. The van der Waals surface area contributed by atoms with Crippen LogP contribution in [0.2, 0.25) is 0 Å². The second-order valence-electron chi connectivity index (χ2n) is 10.7. The van der Waals surface area contributed by atoms with Gasteiger partial charge in [0.25, 0.3) is 5.91 Å². The molecule has 0 radical (unpaired) electrons. The largest absolute Gasteiger partial charge is 0.496 e. The number of hydrogen-bond donors (Lipinski definition) is 1. The fourth-order valence-corrected chi connectivity index (χ4v) is 6.17. The third kappa shape index (κ3) is 4.44. The first-order chi connectivity index (χ1) is 17.5. The number of carbonyl (C=O) groups is 2. The average Bonchev–Trinajstić information content (AvgIpc) is 3.51. The van der Waals surface area contributed by atoms with Crippen LogP contribution in [0.25, 0.3) is 10.9 Å². The molecule has 2 unspecified atom stereocenters. The Kier molecular flexibility index (Phi) is 7.15. The Morgan fingerprint density at radius 2 is 1.75 bits per heavy atom. The van der Waals surface area contributed by atoms with Gasteiger partial charge in [-0.2, -0.15) is 0 Å². The summed E-state index contributed by atoms with van der Waals surface area (Å²) in [5.41, 5.74) is 0.266. The second-order valence-corrected chi connectivity index (χ2v) is 10.7. The summed E-state index contributed by atoms with van der Waals surface area (Å²) in [6, 6.07) is 5.71. The summed E-state index contributed by atoms with van der Waals surface area (Å²) in [6.07, 6.45) is 9.77. The molecule has 8 heteroatoms. The van der Waals surface area contributed by atoms with Gasteiger partial charge in [-0.3, -0.25) is 9.59 Å². The van der Waals surface area contributed by atoms with E-state index < -0.39 is 5.54 Å². The van der Waals surface area contributed by atoms with Crippen molar-refractivity contribution in [2.24, 2.45) is 0 Å². The van der Waals surface area contributed by atoms with Crippen LogP contribution in [0.1, 0.15) is 75.2 Å². The Bertz CT molecular complexity index is 1110. The number of ether oxygens (including phenoxy) is 3. The van der Waals surface area contributed by atoms with Gasteiger partial charge in [0.15, 0.2) is 0 Å². The highest BCUT2D eigenvalue weighted by Crippen LogP contribution is 2.40. The van der Waals surface area contributed by atoms with Crippen molar-refractivity contribution in [3.8, 4) is 11.5 Å². The lowest BCUT2D eigenvalue weighted by Gasteiger charge is -2.45.